The first-order valence-corrected chi connectivity index (χ1v) is 7.42. The summed E-state index contributed by atoms with van der Waals surface area (Å²) in [7, 11) is 0. The van der Waals surface area contributed by atoms with E-state index < -0.39 is 0 Å². The zero-order valence-electron chi connectivity index (χ0n) is 12.0. The Morgan fingerprint density at radius 3 is 2.65 bits per heavy atom. The van der Waals surface area contributed by atoms with Gasteiger partial charge in [-0.05, 0) is 56.7 Å². The van der Waals surface area contributed by atoms with Gasteiger partial charge in [0.05, 0.1) is 13.2 Å². The third kappa shape index (κ3) is 3.72. The van der Waals surface area contributed by atoms with E-state index in [9.17, 15) is 5.11 Å². The Labute approximate surface area is 128 Å². The number of aryl methyl sites for hydroxylation is 1. The van der Waals surface area contributed by atoms with Crippen LogP contribution >= 0.6 is 15.9 Å². The van der Waals surface area contributed by atoms with Crippen LogP contribution in [-0.2, 0) is 6.54 Å². The molecule has 0 saturated carbocycles. The van der Waals surface area contributed by atoms with Crippen molar-refractivity contribution in [3.63, 3.8) is 0 Å². The molecule has 1 aromatic heterocycles. The highest BCUT2D eigenvalue weighted by Crippen LogP contribution is 2.27. The van der Waals surface area contributed by atoms with Crippen LogP contribution in [0.25, 0.3) is 11.3 Å². The van der Waals surface area contributed by atoms with Gasteiger partial charge < -0.3 is 14.8 Å². The van der Waals surface area contributed by atoms with E-state index in [0.29, 0.717) is 6.54 Å². The summed E-state index contributed by atoms with van der Waals surface area (Å²) in [6, 6.07) is 10.1. The van der Waals surface area contributed by atoms with Crippen molar-refractivity contribution in [2.24, 2.45) is 0 Å². The molecule has 2 rings (SSSR count). The molecule has 1 heterocycles. The van der Waals surface area contributed by atoms with Crippen LogP contribution in [0, 0.1) is 6.92 Å². The van der Waals surface area contributed by atoms with Crippen LogP contribution in [0.2, 0.25) is 0 Å². The Bertz CT molecular complexity index is 590. The van der Waals surface area contributed by atoms with Gasteiger partial charge in [0, 0.05) is 15.6 Å². The molecule has 0 spiro atoms. The van der Waals surface area contributed by atoms with Crippen molar-refractivity contribution in [3.8, 4) is 11.3 Å². The minimum Gasteiger partial charge on any atom is -0.460 e. The molecule has 2 aromatic rings. The molecular formula is C16H20BrNO2. The predicted molar refractivity (Wildman–Crippen MR) is 84.6 cm³/mol. The van der Waals surface area contributed by atoms with Gasteiger partial charge in [-0.2, -0.15) is 0 Å². The predicted octanol–water partition coefficient (Wildman–Crippen LogP) is 3.88. The van der Waals surface area contributed by atoms with Crippen LogP contribution in [0.1, 0.15) is 25.2 Å². The van der Waals surface area contributed by atoms with Gasteiger partial charge >= 0.3 is 0 Å². The fraction of sp³-hybridized carbons (Fsp3) is 0.375. The quantitative estimate of drug-likeness (QED) is 0.870. The fourth-order valence-electron chi connectivity index (χ4n) is 1.90. The second-order valence-electron chi connectivity index (χ2n) is 5.62. The molecule has 0 saturated heterocycles. The molecule has 0 bridgehead atoms. The van der Waals surface area contributed by atoms with Crippen LogP contribution in [0.5, 0.6) is 0 Å². The van der Waals surface area contributed by atoms with Gasteiger partial charge in [0.25, 0.3) is 0 Å². The molecule has 0 aliphatic rings. The third-order valence-corrected chi connectivity index (χ3v) is 3.75. The highest BCUT2D eigenvalue weighted by atomic mass is 79.9. The van der Waals surface area contributed by atoms with E-state index in [4.69, 9.17) is 4.42 Å². The van der Waals surface area contributed by atoms with Crippen LogP contribution in [-0.4, -0.2) is 17.3 Å². The summed E-state index contributed by atoms with van der Waals surface area (Å²) < 4.78 is 6.94. The molecule has 4 heteroatoms. The molecule has 0 unspecified atom stereocenters. The highest BCUT2D eigenvalue weighted by molar-refractivity contribution is 9.10. The van der Waals surface area contributed by atoms with Gasteiger partial charge in [-0.15, -0.1) is 0 Å². The molecule has 0 fully saturated rings. The monoisotopic (exact) mass is 337 g/mol. The minimum atomic E-state index is -0.305. The number of hydrogen-bond acceptors (Lipinski definition) is 3. The lowest BCUT2D eigenvalue weighted by Gasteiger charge is -2.22. The van der Waals surface area contributed by atoms with Crippen molar-refractivity contribution in [2.45, 2.75) is 32.9 Å². The number of hydrogen-bond donors (Lipinski definition) is 2. The SMILES string of the molecule is Cc1cc(Br)ccc1-c1ccc(CNC(C)(C)CO)o1. The first-order valence-electron chi connectivity index (χ1n) is 6.62. The zero-order chi connectivity index (χ0) is 14.8. The zero-order valence-corrected chi connectivity index (χ0v) is 13.6. The number of rotatable bonds is 5. The summed E-state index contributed by atoms with van der Waals surface area (Å²) in [5.74, 6) is 1.73. The van der Waals surface area contributed by atoms with Gasteiger partial charge in [-0.25, -0.2) is 0 Å². The van der Waals surface area contributed by atoms with Crippen LogP contribution in [0.15, 0.2) is 39.2 Å². The number of benzene rings is 1. The molecule has 108 valence electrons. The molecule has 1 aromatic carbocycles. The van der Waals surface area contributed by atoms with E-state index in [0.717, 1.165) is 21.6 Å². The molecule has 0 aliphatic heterocycles. The molecule has 2 N–H and O–H groups in total. The standard InChI is InChI=1S/C16H20BrNO2/c1-11-8-12(17)4-6-14(11)15-7-5-13(20-15)9-18-16(2,3)10-19/h4-8,18-19H,9-10H2,1-3H3. The summed E-state index contributed by atoms with van der Waals surface area (Å²) in [5, 5.41) is 12.5. The normalized spacial score (nSPS) is 11.8. The van der Waals surface area contributed by atoms with E-state index in [-0.39, 0.29) is 12.1 Å². The number of furan rings is 1. The second kappa shape index (κ2) is 6.12. The molecular weight excluding hydrogens is 318 g/mol. The Kier molecular flexibility index (Phi) is 4.68. The average Bonchev–Trinajstić information content (AvgIpc) is 2.85. The van der Waals surface area contributed by atoms with Gasteiger partial charge in [-0.3, -0.25) is 0 Å². The second-order valence-corrected chi connectivity index (χ2v) is 6.54. The summed E-state index contributed by atoms with van der Waals surface area (Å²) in [6.45, 7) is 6.66. The van der Waals surface area contributed by atoms with E-state index in [1.54, 1.807) is 0 Å². The number of aliphatic hydroxyl groups excluding tert-OH is 1. The van der Waals surface area contributed by atoms with Crippen molar-refractivity contribution in [3.05, 3.63) is 46.1 Å². The molecule has 0 amide bonds. The summed E-state index contributed by atoms with van der Waals surface area (Å²) in [5.41, 5.74) is 1.96. The van der Waals surface area contributed by atoms with Crippen LogP contribution < -0.4 is 5.32 Å². The lowest BCUT2D eigenvalue weighted by atomic mass is 10.1. The van der Waals surface area contributed by atoms with E-state index >= 15 is 0 Å². The van der Waals surface area contributed by atoms with Gasteiger partial charge in [0.15, 0.2) is 0 Å². The van der Waals surface area contributed by atoms with Gasteiger partial charge in [0.2, 0.25) is 0 Å². The number of aliphatic hydroxyl groups is 1. The van der Waals surface area contributed by atoms with Gasteiger partial charge in [0.1, 0.15) is 11.5 Å². The van der Waals surface area contributed by atoms with Crippen molar-refractivity contribution in [1.82, 2.24) is 5.32 Å². The van der Waals surface area contributed by atoms with Gasteiger partial charge in [-0.1, -0.05) is 15.9 Å². The maximum atomic E-state index is 9.22. The molecule has 0 atom stereocenters. The Morgan fingerprint density at radius 1 is 1.25 bits per heavy atom. The smallest absolute Gasteiger partial charge is 0.134 e. The maximum Gasteiger partial charge on any atom is 0.134 e. The summed E-state index contributed by atoms with van der Waals surface area (Å²) in [4.78, 5) is 0. The summed E-state index contributed by atoms with van der Waals surface area (Å²) in [6.07, 6.45) is 0. The van der Waals surface area contributed by atoms with Crippen LogP contribution in [0.3, 0.4) is 0 Å². The Hall–Kier alpha value is -1.10. The van der Waals surface area contributed by atoms with E-state index in [2.05, 4.69) is 34.2 Å². The lowest BCUT2D eigenvalue weighted by molar-refractivity contribution is 0.184. The fourth-order valence-corrected chi connectivity index (χ4v) is 2.38. The molecule has 0 radical (unpaired) electrons. The van der Waals surface area contributed by atoms with E-state index in [1.807, 2.05) is 38.1 Å². The molecule has 3 nitrogen and oxygen atoms in total. The Morgan fingerprint density at radius 2 is 2.00 bits per heavy atom. The van der Waals surface area contributed by atoms with E-state index in [1.165, 1.54) is 5.56 Å². The average molecular weight is 338 g/mol. The van der Waals surface area contributed by atoms with Crippen LogP contribution in [0.4, 0.5) is 0 Å². The van der Waals surface area contributed by atoms with Crippen molar-refractivity contribution >= 4 is 15.9 Å². The summed E-state index contributed by atoms with van der Waals surface area (Å²) >= 11 is 3.46. The number of halogens is 1. The molecule has 20 heavy (non-hydrogen) atoms. The largest absolute Gasteiger partial charge is 0.460 e. The Balaban J connectivity index is 2.13. The highest BCUT2D eigenvalue weighted by Gasteiger charge is 2.16. The maximum absolute atomic E-state index is 9.22. The number of nitrogens with one attached hydrogen (secondary N) is 1. The molecule has 0 aliphatic carbocycles. The van der Waals surface area contributed by atoms with Crippen molar-refractivity contribution < 1.29 is 9.52 Å². The minimum absolute atomic E-state index is 0.0897. The topological polar surface area (TPSA) is 45.4 Å². The third-order valence-electron chi connectivity index (χ3n) is 3.25. The lowest BCUT2D eigenvalue weighted by Crippen LogP contribution is -2.41. The van der Waals surface area contributed by atoms with Crippen molar-refractivity contribution in [1.29, 1.82) is 0 Å². The first kappa shape index (κ1) is 15.3. The first-order chi connectivity index (χ1) is 9.41. The van der Waals surface area contributed by atoms with Crippen molar-refractivity contribution in [2.75, 3.05) is 6.61 Å².